The first kappa shape index (κ1) is 14.8. The van der Waals surface area contributed by atoms with Gasteiger partial charge in [0.15, 0.2) is 16.7 Å². The zero-order valence-electron chi connectivity index (χ0n) is 11.4. The van der Waals surface area contributed by atoms with Crippen LogP contribution >= 0.6 is 11.8 Å². The lowest BCUT2D eigenvalue weighted by molar-refractivity contribution is -0.117. The first-order valence-electron chi connectivity index (χ1n) is 6.28. The van der Waals surface area contributed by atoms with E-state index in [2.05, 4.69) is 0 Å². The third-order valence-electron chi connectivity index (χ3n) is 3.17. The minimum absolute atomic E-state index is 0.00665. The molecule has 1 unspecified atom stereocenters. The number of methoxy groups -OCH3 is 1. The summed E-state index contributed by atoms with van der Waals surface area (Å²) in [5, 5.41) is 0.0550. The minimum Gasteiger partial charge on any atom is -0.494 e. The van der Waals surface area contributed by atoms with E-state index < -0.39 is 5.82 Å². The summed E-state index contributed by atoms with van der Waals surface area (Å²) in [5.41, 5.74) is 0.628. The Bertz CT molecular complexity index is 535. The number of thioether (sulfide) groups is 1. The molecule has 20 heavy (non-hydrogen) atoms. The van der Waals surface area contributed by atoms with Gasteiger partial charge in [0.05, 0.1) is 7.11 Å². The number of benzene rings is 1. The maximum Gasteiger partial charge on any atom is 0.227 e. The molecule has 1 aromatic carbocycles. The third-order valence-corrected chi connectivity index (χ3v) is 4.22. The number of anilines is 1. The van der Waals surface area contributed by atoms with E-state index in [1.165, 1.54) is 37.9 Å². The van der Waals surface area contributed by atoms with Crippen LogP contribution in [0.15, 0.2) is 18.2 Å². The van der Waals surface area contributed by atoms with E-state index in [-0.39, 0.29) is 22.7 Å². The van der Waals surface area contributed by atoms with E-state index >= 15 is 0 Å². The van der Waals surface area contributed by atoms with Crippen LogP contribution in [0.4, 0.5) is 10.1 Å². The molecule has 1 aromatic rings. The topological polar surface area (TPSA) is 46.6 Å². The fourth-order valence-electron chi connectivity index (χ4n) is 2.19. The highest BCUT2D eigenvalue weighted by atomic mass is 32.2. The van der Waals surface area contributed by atoms with Gasteiger partial charge in [0, 0.05) is 37.4 Å². The molecule has 108 valence electrons. The summed E-state index contributed by atoms with van der Waals surface area (Å²) in [5.74, 6) is 0.444. The lowest BCUT2D eigenvalue weighted by Crippen LogP contribution is -2.24. The molecule has 0 aliphatic carbocycles. The SMILES string of the molecule is COc1cc(N2CC(CSC(C)=O)CC2=O)ccc1F. The minimum atomic E-state index is -0.452. The Hall–Kier alpha value is -1.56. The normalized spacial score (nSPS) is 18.4. The second-order valence-corrected chi connectivity index (χ2v) is 5.89. The van der Waals surface area contributed by atoms with Gasteiger partial charge in [0.1, 0.15) is 0 Å². The molecule has 1 saturated heterocycles. The average Bonchev–Trinajstić information content (AvgIpc) is 2.78. The van der Waals surface area contributed by atoms with Crippen LogP contribution in [-0.4, -0.2) is 30.4 Å². The maximum atomic E-state index is 13.4. The fraction of sp³-hybridized carbons (Fsp3) is 0.429. The van der Waals surface area contributed by atoms with Gasteiger partial charge in [-0.25, -0.2) is 4.39 Å². The van der Waals surface area contributed by atoms with Gasteiger partial charge in [-0.15, -0.1) is 0 Å². The highest BCUT2D eigenvalue weighted by Gasteiger charge is 2.31. The molecule has 6 heteroatoms. The largest absolute Gasteiger partial charge is 0.494 e. The van der Waals surface area contributed by atoms with Crippen LogP contribution in [-0.2, 0) is 9.59 Å². The molecule has 0 N–H and O–H groups in total. The van der Waals surface area contributed by atoms with Gasteiger partial charge in [0.2, 0.25) is 5.91 Å². The van der Waals surface area contributed by atoms with E-state index in [1.807, 2.05) is 0 Å². The van der Waals surface area contributed by atoms with Crippen molar-refractivity contribution in [2.75, 3.05) is 24.3 Å². The van der Waals surface area contributed by atoms with Gasteiger partial charge < -0.3 is 9.64 Å². The first-order chi connectivity index (χ1) is 9.51. The molecule has 1 aliphatic rings. The number of halogens is 1. The van der Waals surface area contributed by atoms with Crippen LogP contribution in [0, 0.1) is 11.7 Å². The van der Waals surface area contributed by atoms with Gasteiger partial charge in [-0.3, -0.25) is 9.59 Å². The molecular weight excluding hydrogens is 281 g/mol. The number of hydrogen-bond acceptors (Lipinski definition) is 4. The molecule has 2 rings (SSSR count). The van der Waals surface area contributed by atoms with Crippen LogP contribution < -0.4 is 9.64 Å². The quantitative estimate of drug-likeness (QED) is 0.856. The van der Waals surface area contributed by atoms with Crippen LogP contribution in [0.5, 0.6) is 5.75 Å². The maximum absolute atomic E-state index is 13.4. The standard InChI is InChI=1S/C14H16FNO3S/c1-9(17)20-8-10-5-14(18)16(7-10)11-3-4-12(15)13(6-11)19-2/h3-4,6,10H,5,7-8H2,1-2H3. The van der Waals surface area contributed by atoms with Crippen molar-refractivity contribution < 1.29 is 18.7 Å². The van der Waals surface area contributed by atoms with Gasteiger partial charge >= 0.3 is 0 Å². The molecule has 0 spiro atoms. The average molecular weight is 297 g/mol. The van der Waals surface area contributed by atoms with Crippen molar-refractivity contribution >= 4 is 28.5 Å². The van der Waals surface area contributed by atoms with Crippen LogP contribution in [0.2, 0.25) is 0 Å². The number of carbonyl (C=O) groups excluding carboxylic acids is 2. The van der Waals surface area contributed by atoms with Gasteiger partial charge in [-0.1, -0.05) is 11.8 Å². The smallest absolute Gasteiger partial charge is 0.227 e. The van der Waals surface area contributed by atoms with E-state index in [0.29, 0.717) is 24.4 Å². The lowest BCUT2D eigenvalue weighted by atomic mass is 10.1. The Balaban J connectivity index is 2.09. The molecule has 0 saturated carbocycles. The number of ether oxygens (including phenoxy) is 1. The molecule has 1 aliphatic heterocycles. The first-order valence-corrected chi connectivity index (χ1v) is 7.27. The van der Waals surface area contributed by atoms with Crippen molar-refractivity contribution in [2.45, 2.75) is 13.3 Å². The van der Waals surface area contributed by atoms with Crippen LogP contribution in [0.25, 0.3) is 0 Å². The Morgan fingerprint density at radius 2 is 2.30 bits per heavy atom. The summed E-state index contributed by atoms with van der Waals surface area (Å²) >= 11 is 1.24. The summed E-state index contributed by atoms with van der Waals surface area (Å²) in [6.07, 6.45) is 0.417. The van der Waals surface area contributed by atoms with E-state index in [9.17, 15) is 14.0 Å². The number of nitrogens with zero attached hydrogens (tertiary/aromatic N) is 1. The van der Waals surface area contributed by atoms with Gasteiger partial charge in [-0.05, 0) is 18.1 Å². The zero-order valence-corrected chi connectivity index (χ0v) is 12.2. The molecule has 1 heterocycles. The van der Waals surface area contributed by atoms with Crippen molar-refractivity contribution in [1.82, 2.24) is 0 Å². The second-order valence-electron chi connectivity index (χ2n) is 4.70. The molecule has 0 aromatic heterocycles. The summed E-state index contributed by atoms with van der Waals surface area (Å²) in [4.78, 5) is 24.6. The highest BCUT2D eigenvalue weighted by Crippen LogP contribution is 2.30. The number of amides is 1. The summed E-state index contributed by atoms with van der Waals surface area (Å²) in [6, 6.07) is 4.38. The summed E-state index contributed by atoms with van der Waals surface area (Å²) < 4.78 is 18.3. The molecule has 1 fully saturated rings. The zero-order chi connectivity index (χ0) is 14.7. The molecule has 1 atom stereocenters. The molecule has 4 nitrogen and oxygen atoms in total. The molecule has 1 amide bonds. The van der Waals surface area contributed by atoms with Crippen molar-refractivity contribution in [1.29, 1.82) is 0 Å². The lowest BCUT2D eigenvalue weighted by Gasteiger charge is -2.17. The van der Waals surface area contributed by atoms with Crippen molar-refractivity contribution in [2.24, 2.45) is 5.92 Å². The predicted molar refractivity (Wildman–Crippen MR) is 76.6 cm³/mol. The van der Waals surface area contributed by atoms with Gasteiger partial charge in [-0.2, -0.15) is 0 Å². The van der Waals surface area contributed by atoms with E-state index in [4.69, 9.17) is 4.74 Å². The third kappa shape index (κ3) is 3.30. The number of rotatable bonds is 4. The Morgan fingerprint density at radius 1 is 1.55 bits per heavy atom. The monoisotopic (exact) mass is 297 g/mol. The van der Waals surface area contributed by atoms with Crippen molar-refractivity contribution in [3.63, 3.8) is 0 Å². The molecular formula is C14H16FNO3S. The number of carbonyl (C=O) groups is 2. The summed E-state index contributed by atoms with van der Waals surface area (Å²) in [6.45, 7) is 2.07. The number of hydrogen-bond donors (Lipinski definition) is 0. The van der Waals surface area contributed by atoms with E-state index in [1.54, 1.807) is 11.0 Å². The van der Waals surface area contributed by atoms with Crippen molar-refractivity contribution in [3.8, 4) is 5.75 Å². The van der Waals surface area contributed by atoms with E-state index in [0.717, 1.165) is 0 Å². The fourth-order valence-corrected chi connectivity index (χ4v) is 2.89. The van der Waals surface area contributed by atoms with Gasteiger partial charge in [0.25, 0.3) is 0 Å². The summed E-state index contributed by atoms with van der Waals surface area (Å²) in [7, 11) is 1.39. The molecule has 0 bridgehead atoms. The van der Waals surface area contributed by atoms with Crippen LogP contribution in [0.3, 0.4) is 0 Å². The Morgan fingerprint density at radius 3 is 2.95 bits per heavy atom. The Labute approximate surface area is 121 Å². The predicted octanol–water partition coefficient (Wildman–Crippen LogP) is 2.47. The van der Waals surface area contributed by atoms with Crippen LogP contribution in [0.1, 0.15) is 13.3 Å². The van der Waals surface area contributed by atoms with Crippen molar-refractivity contribution in [3.05, 3.63) is 24.0 Å². The highest BCUT2D eigenvalue weighted by molar-refractivity contribution is 8.13. The molecule has 0 radical (unpaired) electrons. The second kappa shape index (κ2) is 6.26. The Kier molecular flexibility index (Phi) is 4.65.